The van der Waals surface area contributed by atoms with Gasteiger partial charge in [0, 0.05) is 17.4 Å². The van der Waals surface area contributed by atoms with E-state index in [0.717, 1.165) is 5.39 Å². The van der Waals surface area contributed by atoms with Crippen LogP contribution in [-0.2, 0) is 4.79 Å². The summed E-state index contributed by atoms with van der Waals surface area (Å²) in [5, 5.41) is 14.1. The number of benzene rings is 2. The first-order valence-corrected chi connectivity index (χ1v) is 8.01. The molecule has 0 saturated heterocycles. The Morgan fingerprint density at radius 1 is 1.17 bits per heavy atom. The fourth-order valence-electron chi connectivity index (χ4n) is 2.31. The number of para-hydroxylation sites is 1. The highest BCUT2D eigenvalue weighted by Gasteiger charge is 2.17. The molecule has 0 aliphatic carbocycles. The van der Waals surface area contributed by atoms with Crippen LogP contribution < -0.4 is 4.74 Å². The van der Waals surface area contributed by atoms with Gasteiger partial charge in [-0.3, -0.25) is 4.79 Å². The number of ether oxygens (including phenoxy) is 1. The zero-order chi connectivity index (χ0) is 17.1. The molecule has 7 heteroatoms. The van der Waals surface area contributed by atoms with Crippen LogP contribution >= 0.6 is 23.2 Å². The number of carbonyl (C=O) groups is 1. The van der Waals surface area contributed by atoms with E-state index in [1.807, 2.05) is 24.3 Å². The van der Waals surface area contributed by atoms with Crippen molar-refractivity contribution in [1.29, 1.82) is 0 Å². The van der Waals surface area contributed by atoms with Gasteiger partial charge in [-0.1, -0.05) is 40.5 Å². The Morgan fingerprint density at radius 3 is 2.75 bits per heavy atom. The average molecular weight is 366 g/mol. The SMILES string of the molecule is O=C(O)CCCOc1ccc(-c2noc3ccccc23)c(Cl)c1Cl. The summed E-state index contributed by atoms with van der Waals surface area (Å²) in [6.45, 7) is 0.245. The Kier molecular flexibility index (Phi) is 4.92. The molecule has 1 N–H and O–H groups in total. The van der Waals surface area contributed by atoms with Gasteiger partial charge in [0.2, 0.25) is 0 Å². The first-order valence-electron chi connectivity index (χ1n) is 7.25. The molecule has 124 valence electrons. The van der Waals surface area contributed by atoms with Crippen molar-refractivity contribution in [3.05, 3.63) is 46.4 Å². The lowest BCUT2D eigenvalue weighted by Gasteiger charge is -2.10. The van der Waals surface area contributed by atoms with E-state index in [-0.39, 0.29) is 18.1 Å². The molecule has 0 spiro atoms. The van der Waals surface area contributed by atoms with Crippen molar-refractivity contribution < 1.29 is 19.2 Å². The lowest BCUT2D eigenvalue weighted by molar-refractivity contribution is -0.137. The largest absolute Gasteiger partial charge is 0.492 e. The molecule has 3 aromatic rings. The van der Waals surface area contributed by atoms with Crippen LogP contribution in [0, 0.1) is 0 Å². The van der Waals surface area contributed by atoms with Gasteiger partial charge >= 0.3 is 5.97 Å². The highest BCUT2D eigenvalue weighted by molar-refractivity contribution is 6.44. The maximum Gasteiger partial charge on any atom is 0.303 e. The average Bonchev–Trinajstić information content (AvgIpc) is 2.99. The third kappa shape index (κ3) is 3.32. The van der Waals surface area contributed by atoms with E-state index in [2.05, 4.69) is 5.16 Å². The molecule has 0 unspecified atom stereocenters. The number of rotatable bonds is 6. The molecule has 0 aliphatic rings. The van der Waals surface area contributed by atoms with Crippen molar-refractivity contribution in [3.63, 3.8) is 0 Å². The number of aliphatic carboxylic acids is 1. The van der Waals surface area contributed by atoms with Gasteiger partial charge in [0.25, 0.3) is 0 Å². The number of carboxylic acids is 1. The summed E-state index contributed by atoms with van der Waals surface area (Å²) in [7, 11) is 0. The normalized spacial score (nSPS) is 10.9. The standard InChI is InChI=1S/C17H13Cl2NO4/c18-15-11(17-10-4-1-2-5-12(10)24-20-17)7-8-13(16(15)19)23-9-3-6-14(21)22/h1-2,4-5,7-8H,3,6,9H2,(H,21,22). The van der Waals surface area contributed by atoms with Crippen molar-refractivity contribution in [2.45, 2.75) is 12.8 Å². The quantitative estimate of drug-likeness (QED) is 0.619. The fourth-order valence-corrected chi connectivity index (χ4v) is 2.78. The van der Waals surface area contributed by atoms with Crippen LogP contribution in [0.5, 0.6) is 5.75 Å². The van der Waals surface area contributed by atoms with Crippen molar-refractivity contribution >= 4 is 40.1 Å². The molecule has 0 radical (unpaired) electrons. The molecule has 0 amide bonds. The van der Waals surface area contributed by atoms with Crippen molar-refractivity contribution in [3.8, 4) is 17.0 Å². The van der Waals surface area contributed by atoms with Gasteiger partial charge in [-0.25, -0.2) is 0 Å². The van der Waals surface area contributed by atoms with Crippen LogP contribution in [0.3, 0.4) is 0 Å². The van der Waals surface area contributed by atoms with Gasteiger partial charge in [0.1, 0.15) is 16.5 Å². The second-order valence-corrected chi connectivity index (χ2v) is 5.87. The minimum absolute atomic E-state index is 0.0361. The zero-order valence-electron chi connectivity index (χ0n) is 12.5. The Balaban J connectivity index is 1.86. The lowest BCUT2D eigenvalue weighted by Crippen LogP contribution is -2.02. The van der Waals surface area contributed by atoms with Gasteiger partial charge in [0.05, 0.1) is 11.6 Å². The number of fused-ring (bicyclic) bond motifs is 1. The van der Waals surface area contributed by atoms with E-state index in [1.54, 1.807) is 12.1 Å². The van der Waals surface area contributed by atoms with Crippen molar-refractivity contribution in [2.24, 2.45) is 0 Å². The molecule has 24 heavy (non-hydrogen) atoms. The van der Waals surface area contributed by atoms with Gasteiger partial charge < -0.3 is 14.4 Å². The smallest absolute Gasteiger partial charge is 0.303 e. The fraction of sp³-hybridized carbons (Fsp3) is 0.176. The van der Waals surface area contributed by atoms with E-state index >= 15 is 0 Å². The summed E-state index contributed by atoms with van der Waals surface area (Å²) in [5.74, 6) is -0.459. The molecule has 0 bridgehead atoms. The van der Waals surface area contributed by atoms with E-state index in [1.165, 1.54) is 0 Å². The number of aromatic nitrogens is 1. The third-order valence-corrected chi connectivity index (χ3v) is 4.34. The number of hydrogen-bond donors (Lipinski definition) is 1. The summed E-state index contributed by atoms with van der Waals surface area (Å²) in [6.07, 6.45) is 0.424. The minimum atomic E-state index is -0.865. The zero-order valence-corrected chi connectivity index (χ0v) is 14.0. The van der Waals surface area contributed by atoms with E-state index in [4.69, 9.17) is 37.6 Å². The summed E-state index contributed by atoms with van der Waals surface area (Å²) >= 11 is 12.6. The topological polar surface area (TPSA) is 72.6 Å². The van der Waals surface area contributed by atoms with E-state index in [9.17, 15) is 4.79 Å². The van der Waals surface area contributed by atoms with Crippen molar-refractivity contribution in [1.82, 2.24) is 5.16 Å². The summed E-state index contributed by atoms with van der Waals surface area (Å²) in [4.78, 5) is 10.5. The van der Waals surface area contributed by atoms with Gasteiger partial charge in [-0.05, 0) is 30.7 Å². The summed E-state index contributed by atoms with van der Waals surface area (Å²) < 4.78 is 10.8. The molecular formula is C17H13Cl2NO4. The Bertz CT molecular complexity index is 891. The number of carboxylic acid groups (broad SMARTS) is 1. The second kappa shape index (κ2) is 7.11. The summed E-state index contributed by atoms with van der Waals surface area (Å²) in [6, 6.07) is 10.9. The molecular weight excluding hydrogens is 353 g/mol. The summed E-state index contributed by atoms with van der Waals surface area (Å²) in [5.41, 5.74) is 1.91. The molecule has 1 aromatic heterocycles. The molecule has 0 fully saturated rings. The maximum atomic E-state index is 10.5. The van der Waals surface area contributed by atoms with Gasteiger partial charge in [-0.2, -0.15) is 0 Å². The number of nitrogens with zero attached hydrogens (tertiary/aromatic N) is 1. The first-order chi connectivity index (χ1) is 11.6. The van der Waals surface area contributed by atoms with Crippen LogP contribution in [0.1, 0.15) is 12.8 Å². The van der Waals surface area contributed by atoms with Crippen LogP contribution in [-0.4, -0.2) is 22.8 Å². The Hall–Kier alpha value is -2.24. The molecule has 0 atom stereocenters. The first kappa shape index (κ1) is 16.6. The predicted molar refractivity (Wildman–Crippen MR) is 91.8 cm³/mol. The van der Waals surface area contributed by atoms with Crippen LogP contribution in [0.25, 0.3) is 22.2 Å². The molecule has 1 heterocycles. The number of hydrogen-bond acceptors (Lipinski definition) is 4. The molecule has 0 aliphatic heterocycles. The number of halogens is 2. The monoisotopic (exact) mass is 365 g/mol. The highest BCUT2D eigenvalue weighted by atomic mass is 35.5. The predicted octanol–water partition coefficient (Wildman–Crippen LogP) is 5.05. The van der Waals surface area contributed by atoms with Crippen LogP contribution in [0.15, 0.2) is 40.9 Å². The van der Waals surface area contributed by atoms with Crippen molar-refractivity contribution in [2.75, 3.05) is 6.61 Å². The molecule has 0 saturated carbocycles. The third-order valence-electron chi connectivity index (χ3n) is 3.47. The van der Waals surface area contributed by atoms with Crippen LogP contribution in [0.2, 0.25) is 10.0 Å². The van der Waals surface area contributed by atoms with Gasteiger partial charge in [-0.15, -0.1) is 0 Å². The maximum absolute atomic E-state index is 10.5. The Labute approximate surface area is 147 Å². The highest BCUT2D eigenvalue weighted by Crippen LogP contribution is 2.41. The molecule has 2 aromatic carbocycles. The lowest BCUT2D eigenvalue weighted by atomic mass is 10.1. The van der Waals surface area contributed by atoms with Gasteiger partial charge in [0.15, 0.2) is 5.58 Å². The molecule has 5 nitrogen and oxygen atoms in total. The Morgan fingerprint density at radius 2 is 1.96 bits per heavy atom. The minimum Gasteiger partial charge on any atom is -0.492 e. The van der Waals surface area contributed by atoms with E-state index < -0.39 is 5.97 Å². The van der Waals surface area contributed by atoms with Crippen LogP contribution in [0.4, 0.5) is 0 Å². The molecule has 3 rings (SSSR count). The van der Waals surface area contributed by atoms with E-state index in [0.29, 0.717) is 34.0 Å². The second-order valence-electron chi connectivity index (χ2n) is 5.11.